The van der Waals surface area contributed by atoms with Crippen LogP contribution in [0, 0.1) is 0 Å². The molecule has 0 fully saturated rings. The number of hydrogen-bond donors (Lipinski definition) is 0. The summed E-state index contributed by atoms with van der Waals surface area (Å²) in [6.45, 7) is 0. The summed E-state index contributed by atoms with van der Waals surface area (Å²) in [6.07, 6.45) is 0. The largest absolute Gasteiger partial charge is 0.436 e. The SMILES string of the molecule is Clc1ccc(-c2nc3cc(Sc4ccc5oc(-c6ccc(Cl)cc6)nc5c4)ccc3o2)cc1. The molecule has 4 aromatic carbocycles. The third-order valence-corrected chi connectivity index (χ3v) is 6.62. The minimum Gasteiger partial charge on any atom is -0.436 e. The number of fused-ring (bicyclic) bond motifs is 2. The van der Waals surface area contributed by atoms with E-state index >= 15 is 0 Å². The number of benzene rings is 4. The van der Waals surface area contributed by atoms with Crippen LogP contribution in [0.15, 0.2) is 104 Å². The molecule has 0 saturated heterocycles. The van der Waals surface area contributed by atoms with E-state index in [4.69, 9.17) is 32.0 Å². The molecule has 0 N–H and O–H groups in total. The van der Waals surface area contributed by atoms with E-state index in [0.717, 1.165) is 43.1 Å². The molecule has 0 aliphatic rings. The van der Waals surface area contributed by atoms with Crippen LogP contribution in [0.25, 0.3) is 45.1 Å². The lowest BCUT2D eigenvalue weighted by Gasteiger charge is -2.00. The third kappa shape index (κ3) is 4.11. The van der Waals surface area contributed by atoms with Gasteiger partial charge in [-0.3, -0.25) is 0 Å². The fourth-order valence-electron chi connectivity index (χ4n) is 3.51. The molecule has 0 aliphatic heterocycles. The van der Waals surface area contributed by atoms with E-state index in [1.54, 1.807) is 11.8 Å². The number of oxazole rings is 2. The molecule has 0 spiro atoms. The molecular formula is C26H14Cl2N2O2S. The Balaban J connectivity index is 1.28. The van der Waals surface area contributed by atoms with E-state index in [9.17, 15) is 0 Å². The Morgan fingerprint density at radius 3 is 1.39 bits per heavy atom. The highest BCUT2D eigenvalue weighted by molar-refractivity contribution is 7.99. The van der Waals surface area contributed by atoms with Crippen molar-refractivity contribution in [2.75, 3.05) is 0 Å². The predicted octanol–water partition coefficient (Wildman–Crippen LogP) is 8.76. The van der Waals surface area contributed by atoms with Crippen molar-refractivity contribution in [2.24, 2.45) is 0 Å². The summed E-state index contributed by atoms with van der Waals surface area (Å²) in [5, 5.41) is 1.36. The first-order valence-electron chi connectivity index (χ1n) is 10.1. The van der Waals surface area contributed by atoms with E-state index in [1.807, 2.05) is 84.9 Å². The van der Waals surface area contributed by atoms with Crippen LogP contribution in [0.2, 0.25) is 10.0 Å². The molecule has 0 bridgehead atoms. The molecule has 2 heterocycles. The normalized spacial score (nSPS) is 11.5. The van der Waals surface area contributed by atoms with Crippen molar-refractivity contribution in [3.05, 3.63) is 95.0 Å². The van der Waals surface area contributed by atoms with Crippen LogP contribution >= 0.6 is 35.0 Å². The highest BCUT2D eigenvalue weighted by atomic mass is 35.5. The quantitative estimate of drug-likeness (QED) is 0.248. The van der Waals surface area contributed by atoms with Gasteiger partial charge in [0, 0.05) is 31.0 Å². The highest BCUT2D eigenvalue weighted by Gasteiger charge is 2.12. The first-order valence-corrected chi connectivity index (χ1v) is 11.7. The molecular weight excluding hydrogens is 475 g/mol. The van der Waals surface area contributed by atoms with Gasteiger partial charge in [-0.15, -0.1) is 0 Å². The molecule has 160 valence electrons. The molecule has 6 rings (SSSR count). The summed E-state index contributed by atoms with van der Waals surface area (Å²) < 4.78 is 11.8. The zero-order chi connectivity index (χ0) is 22.4. The van der Waals surface area contributed by atoms with E-state index in [-0.39, 0.29) is 0 Å². The zero-order valence-corrected chi connectivity index (χ0v) is 19.3. The lowest BCUT2D eigenvalue weighted by atomic mass is 10.2. The van der Waals surface area contributed by atoms with Gasteiger partial charge in [-0.05, 0) is 84.9 Å². The lowest BCUT2D eigenvalue weighted by molar-refractivity contribution is 0.619. The number of halogens is 2. The lowest BCUT2D eigenvalue weighted by Crippen LogP contribution is -1.78. The fraction of sp³-hybridized carbons (Fsp3) is 0. The van der Waals surface area contributed by atoms with Crippen LogP contribution in [0.1, 0.15) is 0 Å². The third-order valence-electron chi connectivity index (χ3n) is 5.14. The topological polar surface area (TPSA) is 52.1 Å². The summed E-state index contributed by atoms with van der Waals surface area (Å²) in [5.74, 6) is 1.14. The molecule has 4 nitrogen and oxygen atoms in total. The Morgan fingerprint density at radius 1 is 0.545 bits per heavy atom. The van der Waals surface area contributed by atoms with Gasteiger partial charge < -0.3 is 8.83 Å². The van der Waals surface area contributed by atoms with E-state index in [1.165, 1.54) is 0 Å². The second-order valence-electron chi connectivity index (χ2n) is 7.41. The second-order valence-corrected chi connectivity index (χ2v) is 9.43. The van der Waals surface area contributed by atoms with Gasteiger partial charge in [-0.25, -0.2) is 9.97 Å². The molecule has 2 aromatic heterocycles. The summed E-state index contributed by atoms with van der Waals surface area (Å²) in [4.78, 5) is 11.4. The Morgan fingerprint density at radius 2 is 0.970 bits per heavy atom. The summed E-state index contributed by atoms with van der Waals surface area (Å²) in [6, 6.07) is 26.9. The van der Waals surface area contributed by atoms with Gasteiger partial charge in [-0.1, -0.05) is 35.0 Å². The maximum absolute atomic E-state index is 5.98. The van der Waals surface area contributed by atoms with Crippen molar-refractivity contribution < 1.29 is 8.83 Å². The van der Waals surface area contributed by atoms with Crippen LogP contribution in [0.4, 0.5) is 0 Å². The van der Waals surface area contributed by atoms with Crippen molar-refractivity contribution in [2.45, 2.75) is 9.79 Å². The number of nitrogens with zero attached hydrogens (tertiary/aromatic N) is 2. The first kappa shape index (κ1) is 20.4. The standard InChI is InChI=1S/C26H14Cl2N2O2S/c27-17-5-1-15(2-6-17)25-29-21-13-19(9-11-23(21)31-25)33-20-10-12-24-22(14-20)30-26(32-24)16-3-7-18(28)8-4-16/h1-14H. The first-order chi connectivity index (χ1) is 16.1. The van der Waals surface area contributed by atoms with Gasteiger partial charge in [0.05, 0.1) is 0 Å². The van der Waals surface area contributed by atoms with Crippen molar-refractivity contribution in [3.8, 4) is 22.9 Å². The highest BCUT2D eigenvalue weighted by Crippen LogP contribution is 2.34. The van der Waals surface area contributed by atoms with Crippen LogP contribution < -0.4 is 0 Å². The van der Waals surface area contributed by atoms with Crippen LogP contribution in [0.5, 0.6) is 0 Å². The van der Waals surface area contributed by atoms with Gasteiger partial charge in [0.25, 0.3) is 0 Å². The van der Waals surface area contributed by atoms with Crippen LogP contribution in [-0.4, -0.2) is 9.97 Å². The summed E-state index contributed by atoms with van der Waals surface area (Å²) in [5.41, 5.74) is 4.86. The maximum atomic E-state index is 5.98. The smallest absolute Gasteiger partial charge is 0.227 e. The van der Waals surface area contributed by atoms with E-state index < -0.39 is 0 Å². The van der Waals surface area contributed by atoms with Gasteiger partial charge in [-0.2, -0.15) is 0 Å². The van der Waals surface area contributed by atoms with Crippen molar-refractivity contribution >= 4 is 57.2 Å². The second kappa shape index (κ2) is 8.27. The zero-order valence-electron chi connectivity index (χ0n) is 17.0. The monoisotopic (exact) mass is 488 g/mol. The van der Waals surface area contributed by atoms with Gasteiger partial charge in [0.1, 0.15) is 11.0 Å². The molecule has 0 radical (unpaired) electrons. The molecule has 0 atom stereocenters. The molecule has 6 aromatic rings. The minimum atomic E-state index is 0.572. The molecule has 33 heavy (non-hydrogen) atoms. The molecule has 0 unspecified atom stereocenters. The van der Waals surface area contributed by atoms with Crippen LogP contribution in [0.3, 0.4) is 0 Å². The number of rotatable bonds is 4. The Hall–Kier alpha value is -3.25. The number of aromatic nitrogens is 2. The Kier molecular flexibility index (Phi) is 5.10. The average molecular weight is 489 g/mol. The Bertz CT molecular complexity index is 1480. The molecule has 0 amide bonds. The minimum absolute atomic E-state index is 0.572. The van der Waals surface area contributed by atoms with E-state index in [0.29, 0.717) is 21.8 Å². The average Bonchev–Trinajstić information content (AvgIpc) is 3.44. The molecule has 0 saturated carbocycles. The molecule has 7 heteroatoms. The van der Waals surface area contributed by atoms with Gasteiger partial charge in [0.15, 0.2) is 11.2 Å². The van der Waals surface area contributed by atoms with Gasteiger partial charge in [0.2, 0.25) is 11.8 Å². The van der Waals surface area contributed by atoms with E-state index in [2.05, 4.69) is 9.97 Å². The Labute approximate surface area is 203 Å². The van der Waals surface area contributed by atoms with Crippen molar-refractivity contribution in [1.29, 1.82) is 0 Å². The summed E-state index contributed by atoms with van der Waals surface area (Å²) >= 11 is 13.6. The van der Waals surface area contributed by atoms with Gasteiger partial charge >= 0.3 is 0 Å². The molecule has 0 aliphatic carbocycles. The van der Waals surface area contributed by atoms with Crippen molar-refractivity contribution in [3.63, 3.8) is 0 Å². The van der Waals surface area contributed by atoms with Crippen molar-refractivity contribution in [1.82, 2.24) is 9.97 Å². The maximum Gasteiger partial charge on any atom is 0.227 e. The predicted molar refractivity (Wildman–Crippen MR) is 133 cm³/mol. The number of hydrogen-bond acceptors (Lipinski definition) is 5. The summed E-state index contributed by atoms with van der Waals surface area (Å²) in [7, 11) is 0. The fourth-order valence-corrected chi connectivity index (χ4v) is 4.65. The van der Waals surface area contributed by atoms with Crippen LogP contribution in [-0.2, 0) is 0 Å².